The van der Waals surface area contributed by atoms with E-state index in [-0.39, 0.29) is 12.5 Å². The predicted octanol–water partition coefficient (Wildman–Crippen LogP) is 1.97. The van der Waals surface area contributed by atoms with E-state index >= 15 is 0 Å². The number of aromatic nitrogens is 2. The van der Waals surface area contributed by atoms with E-state index in [9.17, 15) is 4.79 Å². The highest BCUT2D eigenvalue weighted by Crippen LogP contribution is 2.22. The first-order chi connectivity index (χ1) is 8.49. The molecule has 0 aliphatic heterocycles. The van der Waals surface area contributed by atoms with Crippen molar-refractivity contribution in [1.82, 2.24) is 14.7 Å². The highest BCUT2D eigenvalue weighted by molar-refractivity contribution is 9.10. The number of ether oxygens (including phenoxy) is 1. The summed E-state index contributed by atoms with van der Waals surface area (Å²) in [6.45, 7) is 8.00. The molecule has 1 heterocycles. The number of hydrogen-bond acceptors (Lipinski definition) is 4. The summed E-state index contributed by atoms with van der Waals surface area (Å²) >= 11 is 3.54. The fourth-order valence-corrected chi connectivity index (χ4v) is 2.17. The summed E-state index contributed by atoms with van der Waals surface area (Å²) in [5.41, 5.74) is 2.05. The Labute approximate surface area is 116 Å². The number of carbonyl (C=O) groups excluding carboxylic acids is 1. The third-order valence-corrected chi connectivity index (χ3v) is 3.61. The summed E-state index contributed by atoms with van der Waals surface area (Å²) in [7, 11) is 1.89. The van der Waals surface area contributed by atoms with Gasteiger partial charge in [0.1, 0.15) is 0 Å². The van der Waals surface area contributed by atoms with Crippen molar-refractivity contribution in [2.45, 2.75) is 33.9 Å². The van der Waals surface area contributed by atoms with Gasteiger partial charge >= 0.3 is 5.97 Å². The van der Waals surface area contributed by atoms with Crippen molar-refractivity contribution in [1.29, 1.82) is 0 Å². The molecule has 0 aliphatic carbocycles. The molecule has 6 heteroatoms. The molecule has 0 amide bonds. The van der Waals surface area contributed by atoms with Crippen molar-refractivity contribution in [3.05, 3.63) is 15.9 Å². The molecule has 1 aromatic rings. The minimum Gasteiger partial charge on any atom is -0.465 e. The molecular weight excluding hydrogens is 298 g/mol. The number of esters is 1. The van der Waals surface area contributed by atoms with E-state index in [1.807, 2.05) is 37.4 Å². The van der Waals surface area contributed by atoms with Crippen molar-refractivity contribution in [2.24, 2.45) is 0 Å². The zero-order valence-corrected chi connectivity index (χ0v) is 13.0. The van der Waals surface area contributed by atoms with E-state index < -0.39 is 0 Å². The van der Waals surface area contributed by atoms with E-state index in [1.165, 1.54) is 0 Å². The fraction of sp³-hybridized carbons (Fsp3) is 0.667. The van der Waals surface area contributed by atoms with Gasteiger partial charge in [0.15, 0.2) is 0 Å². The monoisotopic (exact) mass is 317 g/mol. The Bertz CT molecular complexity index is 418. The Morgan fingerprint density at radius 3 is 2.72 bits per heavy atom. The second kappa shape index (κ2) is 6.89. The van der Waals surface area contributed by atoms with Gasteiger partial charge in [-0.15, -0.1) is 0 Å². The summed E-state index contributed by atoms with van der Waals surface area (Å²) in [5.74, 6) is -0.199. The molecule has 0 unspecified atom stereocenters. The van der Waals surface area contributed by atoms with Crippen LogP contribution in [0.3, 0.4) is 0 Å². The van der Waals surface area contributed by atoms with Gasteiger partial charge in [0, 0.05) is 13.1 Å². The molecule has 0 spiro atoms. The molecule has 0 fully saturated rings. The highest BCUT2D eigenvalue weighted by atomic mass is 79.9. The Kier molecular flexibility index (Phi) is 5.81. The lowest BCUT2D eigenvalue weighted by Gasteiger charge is -2.16. The molecular formula is C12H20BrN3O2. The van der Waals surface area contributed by atoms with E-state index in [4.69, 9.17) is 4.74 Å². The Hall–Kier alpha value is -0.880. The molecule has 1 rings (SSSR count). The zero-order valence-electron chi connectivity index (χ0n) is 11.4. The van der Waals surface area contributed by atoms with Crippen LogP contribution >= 0.6 is 15.9 Å². The number of nitrogens with zero attached hydrogens (tertiary/aromatic N) is 3. The standard InChI is InChI=1S/C12H20BrN3O2/c1-5-16-10(12(13)9(3)14-16)7-15(4)8-11(17)18-6-2/h5-8H2,1-4H3. The Morgan fingerprint density at radius 1 is 1.50 bits per heavy atom. The lowest BCUT2D eigenvalue weighted by Crippen LogP contribution is -2.28. The molecule has 0 atom stereocenters. The van der Waals surface area contributed by atoms with Crippen molar-refractivity contribution in [2.75, 3.05) is 20.2 Å². The van der Waals surface area contributed by atoms with Crippen LogP contribution in [-0.4, -0.2) is 40.8 Å². The van der Waals surface area contributed by atoms with Crippen LogP contribution in [0.2, 0.25) is 0 Å². The van der Waals surface area contributed by atoms with E-state index in [0.717, 1.165) is 22.4 Å². The van der Waals surface area contributed by atoms with Gasteiger partial charge in [-0.3, -0.25) is 14.4 Å². The van der Waals surface area contributed by atoms with Crippen LogP contribution in [-0.2, 0) is 22.6 Å². The van der Waals surface area contributed by atoms with Crippen molar-refractivity contribution >= 4 is 21.9 Å². The summed E-state index contributed by atoms with van der Waals surface area (Å²) in [6, 6.07) is 0. The van der Waals surface area contributed by atoms with Crippen LogP contribution < -0.4 is 0 Å². The fourth-order valence-electron chi connectivity index (χ4n) is 1.76. The second-order valence-electron chi connectivity index (χ2n) is 4.14. The zero-order chi connectivity index (χ0) is 13.7. The Balaban J connectivity index is 2.69. The number of hydrogen-bond donors (Lipinski definition) is 0. The molecule has 0 saturated heterocycles. The molecule has 1 aromatic heterocycles. The molecule has 102 valence electrons. The number of aryl methyl sites for hydroxylation is 2. The molecule has 18 heavy (non-hydrogen) atoms. The lowest BCUT2D eigenvalue weighted by atomic mass is 10.3. The van der Waals surface area contributed by atoms with Crippen LogP contribution in [0.5, 0.6) is 0 Å². The Morgan fingerprint density at radius 2 is 2.17 bits per heavy atom. The molecule has 0 N–H and O–H groups in total. The summed E-state index contributed by atoms with van der Waals surface area (Å²) in [4.78, 5) is 13.3. The SMILES string of the molecule is CCOC(=O)CN(C)Cc1c(Br)c(C)nn1CC. The van der Waals surface area contributed by atoms with Gasteiger partial charge in [0.25, 0.3) is 0 Å². The first-order valence-electron chi connectivity index (χ1n) is 6.05. The van der Waals surface area contributed by atoms with Gasteiger partial charge in [-0.25, -0.2) is 0 Å². The molecule has 0 bridgehead atoms. The molecule has 0 aliphatic rings. The topological polar surface area (TPSA) is 47.4 Å². The van der Waals surface area contributed by atoms with Crippen molar-refractivity contribution < 1.29 is 9.53 Å². The van der Waals surface area contributed by atoms with Gasteiger partial charge in [-0.05, 0) is 43.7 Å². The third-order valence-electron chi connectivity index (χ3n) is 2.58. The van der Waals surface area contributed by atoms with Crippen LogP contribution in [0.4, 0.5) is 0 Å². The van der Waals surface area contributed by atoms with Gasteiger partial charge in [-0.2, -0.15) is 5.10 Å². The van der Waals surface area contributed by atoms with Gasteiger partial charge in [-0.1, -0.05) is 0 Å². The van der Waals surface area contributed by atoms with Crippen molar-refractivity contribution in [3.63, 3.8) is 0 Å². The number of halogens is 1. The molecule has 0 saturated carbocycles. The highest BCUT2D eigenvalue weighted by Gasteiger charge is 2.15. The number of rotatable bonds is 6. The third kappa shape index (κ3) is 3.81. The van der Waals surface area contributed by atoms with Crippen LogP contribution in [0.1, 0.15) is 25.2 Å². The second-order valence-corrected chi connectivity index (χ2v) is 4.93. The smallest absolute Gasteiger partial charge is 0.320 e. The van der Waals surface area contributed by atoms with Crippen LogP contribution in [0.15, 0.2) is 4.47 Å². The predicted molar refractivity (Wildman–Crippen MR) is 73.3 cm³/mol. The number of carbonyl (C=O) groups is 1. The normalized spacial score (nSPS) is 11.0. The summed E-state index contributed by atoms with van der Waals surface area (Å²) in [6.07, 6.45) is 0. The minimum absolute atomic E-state index is 0.199. The van der Waals surface area contributed by atoms with Gasteiger partial charge in [0.2, 0.25) is 0 Å². The van der Waals surface area contributed by atoms with E-state index in [2.05, 4.69) is 21.0 Å². The maximum atomic E-state index is 11.4. The lowest BCUT2D eigenvalue weighted by molar-refractivity contribution is -0.144. The average molecular weight is 318 g/mol. The van der Waals surface area contributed by atoms with E-state index in [1.54, 1.807) is 0 Å². The van der Waals surface area contributed by atoms with Crippen molar-refractivity contribution in [3.8, 4) is 0 Å². The summed E-state index contributed by atoms with van der Waals surface area (Å²) in [5, 5.41) is 4.42. The quantitative estimate of drug-likeness (QED) is 0.753. The molecule has 5 nitrogen and oxygen atoms in total. The van der Waals surface area contributed by atoms with Gasteiger partial charge < -0.3 is 4.74 Å². The first kappa shape index (κ1) is 15.2. The van der Waals surface area contributed by atoms with Crippen LogP contribution in [0.25, 0.3) is 0 Å². The maximum absolute atomic E-state index is 11.4. The van der Waals surface area contributed by atoms with Gasteiger partial charge in [0.05, 0.1) is 29.0 Å². The average Bonchev–Trinajstić information content (AvgIpc) is 2.57. The summed E-state index contributed by atoms with van der Waals surface area (Å²) < 4.78 is 7.89. The largest absolute Gasteiger partial charge is 0.465 e. The first-order valence-corrected chi connectivity index (χ1v) is 6.84. The maximum Gasteiger partial charge on any atom is 0.320 e. The van der Waals surface area contributed by atoms with E-state index in [0.29, 0.717) is 13.2 Å². The molecule has 0 aromatic carbocycles. The minimum atomic E-state index is -0.199. The molecule has 0 radical (unpaired) electrons. The van der Waals surface area contributed by atoms with Crippen LogP contribution in [0, 0.1) is 6.92 Å². The number of likely N-dealkylation sites (N-methyl/N-ethyl adjacent to an activating group) is 1.